The van der Waals surface area contributed by atoms with E-state index in [0.717, 1.165) is 0 Å². The monoisotopic (exact) mass is 299 g/mol. The van der Waals surface area contributed by atoms with Crippen molar-refractivity contribution in [1.29, 1.82) is 0 Å². The maximum atomic E-state index is 13.5. The Balaban J connectivity index is 2.15. The molecular formula is C16H14FN3O2. The zero-order valence-corrected chi connectivity index (χ0v) is 11.7. The number of amides is 2. The molecule has 0 saturated carbocycles. The van der Waals surface area contributed by atoms with Gasteiger partial charge in [0, 0.05) is 18.3 Å². The van der Waals surface area contributed by atoms with E-state index in [-0.39, 0.29) is 22.9 Å². The molecule has 0 spiro atoms. The maximum Gasteiger partial charge on any atom is 0.274 e. The van der Waals surface area contributed by atoms with Crippen LogP contribution in [0.15, 0.2) is 55.3 Å². The van der Waals surface area contributed by atoms with Crippen molar-refractivity contribution in [3.8, 4) is 0 Å². The van der Waals surface area contributed by atoms with Crippen LogP contribution in [0, 0.1) is 5.82 Å². The number of para-hydroxylation sites is 1. The van der Waals surface area contributed by atoms with Crippen molar-refractivity contribution in [3.05, 3.63) is 72.3 Å². The second-order valence-electron chi connectivity index (χ2n) is 4.36. The first-order valence-electron chi connectivity index (χ1n) is 6.53. The summed E-state index contributed by atoms with van der Waals surface area (Å²) < 4.78 is 13.5. The van der Waals surface area contributed by atoms with Gasteiger partial charge in [0.1, 0.15) is 11.5 Å². The molecule has 0 aliphatic heterocycles. The first-order valence-corrected chi connectivity index (χ1v) is 6.53. The Labute approximate surface area is 126 Å². The molecule has 1 aromatic carbocycles. The number of nitrogens with one attached hydrogen (secondary N) is 2. The van der Waals surface area contributed by atoms with Crippen LogP contribution < -0.4 is 10.6 Å². The summed E-state index contributed by atoms with van der Waals surface area (Å²) in [7, 11) is 0. The third-order valence-corrected chi connectivity index (χ3v) is 2.78. The van der Waals surface area contributed by atoms with E-state index in [1.54, 1.807) is 12.1 Å². The Morgan fingerprint density at radius 1 is 1.23 bits per heavy atom. The molecule has 0 saturated heterocycles. The molecule has 0 unspecified atom stereocenters. The molecule has 0 bridgehead atoms. The SMILES string of the molecule is C=CCNC(=O)c1ccnc(C(=O)Nc2ccccc2F)c1. The smallest absolute Gasteiger partial charge is 0.274 e. The van der Waals surface area contributed by atoms with Crippen molar-refractivity contribution >= 4 is 17.5 Å². The summed E-state index contributed by atoms with van der Waals surface area (Å²) in [5.74, 6) is -1.48. The minimum absolute atomic E-state index is 0.0227. The van der Waals surface area contributed by atoms with Gasteiger partial charge in [-0.15, -0.1) is 6.58 Å². The average Bonchev–Trinajstić information content (AvgIpc) is 2.54. The number of hydrogen-bond donors (Lipinski definition) is 2. The van der Waals surface area contributed by atoms with Crippen LogP contribution in [-0.4, -0.2) is 23.3 Å². The molecule has 0 radical (unpaired) electrons. The molecule has 2 aromatic rings. The number of nitrogens with zero attached hydrogens (tertiary/aromatic N) is 1. The van der Waals surface area contributed by atoms with Gasteiger partial charge in [-0.3, -0.25) is 14.6 Å². The van der Waals surface area contributed by atoms with Crippen LogP contribution in [0.1, 0.15) is 20.8 Å². The molecule has 1 aromatic heterocycles. The van der Waals surface area contributed by atoms with Gasteiger partial charge in [0.25, 0.3) is 11.8 Å². The van der Waals surface area contributed by atoms with E-state index >= 15 is 0 Å². The Bertz CT molecular complexity index is 716. The summed E-state index contributed by atoms with van der Waals surface area (Å²) in [6.07, 6.45) is 2.89. The van der Waals surface area contributed by atoms with Crippen molar-refractivity contribution in [2.45, 2.75) is 0 Å². The number of carbonyl (C=O) groups is 2. The summed E-state index contributed by atoms with van der Waals surface area (Å²) in [5, 5.41) is 5.01. The van der Waals surface area contributed by atoms with Crippen LogP contribution in [0.3, 0.4) is 0 Å². The van der Waals surface area contributed by atoms with Crippen LogP contribution in [0.4, 0.5) is 10.1 Å². The van der Waals surface area contributed by atoms with E-state index in [0.29, 0.717) is 6.54 Å². The maximum absolute atomic E-state index is 13.5. The minimum Gasteiger partial charge on any atom is -0.349 e. The molecule has 5 nitrogen and oxygen atoms in total. The first kappa shape index (κ1) is 15.4. The standard InChI is InChI=1S/C16H14FN3O2/c1-2-8-19-15(21)11-7-9-18-14(10-11)16(22)20-13-6-4-3-5-12(13)17/h2-7,9-10H,1,8H2,(H,19,21)(H,20,22). The molecule has 22 heavy (non-hydrogen) atoms. The van der Waals surface area contributed by atoms with Crippen molar-refractivity contribution in [1.82, 2.24) is 10.3 Å². The third kappa shape index (κ3) is 3.76. The summed E-state index contributed by atoms with van der Waals surface area (Å²) in [4.78, 5) is 27.8. The van der Waals surface area contributed by atoms with Gasteiger partial charge in [-0.2, -0.15) is 0 Å². The lowest BCUT2D eigenvalue weighted by Crippen LogP contribution is -2.24. The molecule has 0 atom stereocenters. The molecule has 1 heterocycles. The van der Waals surface area contributed by atoms with Crippen molar-refractivity contribution in [2.75, 3.05) is 11.9 Å². The van der Waals surface area contributed by atoms with E-state index in [1.807, 2.05) is 0 Å². The second-order valence-corrected chi connectivity index (χ2v) is 4.36. The summed E-state index contributed by atoms with van der Waals surface area (Å²) in [6, 6.07) is 8.63. The molecule has 2 N–H and O–H groups in total. The zero-order valence-electron chi connectivity index (χ0n) is 11.7. The molecule has 2 amide bonds. The predicted molar refractivity (Wildman–Crippen MR) is 81.1 cm³/mol. The lowest BCUT2D eigenvalue weighted by atomic mass is 10.2. The number of pyridine rings is 1. The lowest BCUT2D eigenvalue weighted by molar-refractivity contribution is 0.0958. The number of hydrogen-bond acceptors (Lipinski definition) is 3. The number of halogens is 1. The van der Waals surface area contributed by atoms with Crippen molar-refractivity contribution < 1.29 is 14.0 Å². The largest absolute Gasteiger partial charge is 0.349 e. The number of aromatic nitrogens is 1. The molecular weight excluding hydrogens is 285 g/mol. The molecule has 0 aliphatic rings. The van der Waals surface area contributed by atoms with E-state index < -0.39 is 11.7 Å². The Kier molecular flexibility index (Phi) is 4.98. The van der Waals surface area contributed by atoms with Crippen LogP contribution in [-0.2, 0) is 0 Å². The molecule has 0 fully saturated rings. The second kappa shape index (κ2) is 7.12. The quantitative estimate of drug-likeness (QED) is 0.833. The minimum atomic E-state index is -0.594. The van der Waals surface area contributed by atoms with Gasteiger partial charge in [-0.1, -0.05) is 18.2 Å². The van der Waals surface area contributed by atoms with Crippen LogP contribution in [0.5, 0.6) is 0 Å². The Hall–Kier alpha value is -3.02. The normalized spacial score (nSPS) is 9.86. The summed E-state index contributed by atoms with van der Waals surface area (Å²) >= 11 is 0. The highest BCUT2D eigenvalue weighted by atomic mass is 19.1. The van der Waals surface area contributed by atoms with Gasteiger partial charge in [0.15, 0.2) is 0 Å². The fraction of sp³-hybridized carbons (Fsp3) is 0.0625. The van der Waals surface area contributed by atoms with E-state index in [1.165, 1.54) is 36.5 Å². The Morgan fingerprint density at radius 2 is 2.00 bits per heavy atom. The zero-order chi connectivity index (χ0) is 15.9. The highest BCUT2D eigenvalue weighted by Crippen LogP contribution is 2.13. The highest BCUT2D eigenvalue weighted by Gasteiger charge is 2.13. The summed E-state index contributed by atoms with van der Waals surface area (Å²) in [5.41, 5.74) is 0.362. The molecule has 112 valence electrons. The number of carbonyl (C=O) groups excluding carboxylic acids is 2. The highest BCUT2D eigenvalue weighted by molar-refractivity contribution is 6.04. The number of anilines is 1. The van der Waals surface area contributed by atoms with E-state index in [2.05, 4.69) is 22.2 Å². The van der Waals surface area contributed by atoms with Crippen LogP contribution >= 0.6 is 0 Å². The third-order valence-electron chi connectivity index (χ3n) is 2.78. The van der Waals surface area contributed by atoms with E-state index in [4.69, 9.17) is 0 Å². The number of benzene rings is 1. The average molecular weight is 299 g/mol. The fourth-order valence-electron chi connectivity index (χ4n) is 1.71. The molecule has 0 aliphatic carbocycles. The van der Waals surface area contributed by atoms with E-state index in [9.17, 15) is 14.0 Å². The van der Waals surface area contributed by atoms with Crippen molar-refractivity contribution in [2.24, 2.45) is 0 Å². The molecule has 2 rings (SSSR count). The van der Waals surface area contributed by atoms with Crippen LogP contribution in [0.25, 0.3) is 0 Å². The lowest BCUT2D eigenvalue weighted by Gasteiger charge is -2.07. The Morgan fingerprint density at radius 3 is 2.73 bits per heavy atom. The number of rotatable bonds is 5. The molecule has 6 heteroatoms. The van der Waals surface area contributed by atoms with Gasteiger partial charge >= 0.3 is 0 Å². The van der Waals surface area contributed by atoms with Gasteiger partial charge in [-0.05, 0) is 24.3 Å². The van der Waals surface area contributed by atoms with Gasteiger partial charge in [0.05, 0.1) is 5.69 Å². The fourth-order valence-corrected chi connectivity index (χ4v) is 1.71. The predicted octanol–water partition coefficient (Wildman–Crippen LogP) is 2.39. The van der Waals surface area contributed by atoms with Gasteiger partial charge in [0.2, 0.25) is 0 Å². The van der Waals surface area contributed by atoms with Gasteiger partial charge in [-0.25, -0.2) is 4.39 Å². The topological polar surface area (TPSA) is 71.1 Å². The van der Waals surface area contributed by atoms with Crippen molar-refractivity contribution in [3.63, 3.8) is 0 Å². The first-order chi connectivity index (χ1) is 10.6. The summed E-state index contributed by atoms with van der Waals surface area (Å²) in [6.45, 7) is 3.82. The van der Waals surface area contributed by atoms with Gasteiger partial charge < -0.3 is 10.6 Å². The van der Waals surface area contributed by atoms with Crippen LogP contribution in [0.2, 0.25) is 0 Å².